The molecule has 0 radical (unpaired) electrons. The van der Waals surface area contributed by atoms with Crippen molar-refractivity contribution >= 4 is 50.7 Å². The fourth-order valence-electron chi connectivity index (χ4n) is 2.04. The Balaban J connectivity index is 2.09. The molecule has 0 unspecified atom stereocenters. The van der Waals surface area contributed by atoms with E-state index in [1.807, 2.05) is 54.6 Å². The number of halogens is 2. The standard InChI is InChI=1S/C16H11ClINO/c17-13-6-8-15(12-4-2-1-3-11(12)13)20-16-7-5-10(19)9-14(16)18/h1-9H,19H2. The average molecular weight is 396 g/mol. The second kappa shape index (κ2) is 5.50. The molecule has 3 aromatic carbocycles. The fourth-order valence-corrected chi connectivity index (χ4v) is 2.92. The number of ether oxygens (including phenoxy) is 1. The van der Waals surface area contributed by atoms with Gasteiger partial charge in [0.15, 0.2) is 0 Å². The van der Waals surface area contributed by atoms with Crippen molar-refractivity contribution < 1.29 is 4.74 Å². The van der Waals surface area contributed by atoms with Crippen LogP contribution in [0.1, 0.15) is 0 Å². The second-order valence-corrected chi connectivity index (χ2v) is 5.95. The van der Waals surface area contributed by atoms with E-state index in [2.05, 4.69) is 22.6 Å². The number of nitrogen functional groups attached to an aromatic ring is 1. The monoisotopic (exact) mass is 395 g/mol. The molecule has 2 N–H and O–H groups in total. The van der Waals surface area contributed by atoms with Crippen LogP contribution in [-0.4, -0.2) is 0 Å². The Bertz CT molecular complexity index is 789. The highest BCUT2D eigenvalue weighted by Crippen LogP contribution is 2.35. The molecule has 0 aliphatic carbocycles. The summed E-state index contributed by atoms with van der Waals surface area (Å²) in [6.07, 6.45) is 0. The Labute approximate surface area is 135 Å². The lowest BCUT2D eigenvalue weighted by molar-refractivity contribution is 0.485. The van der Waals surface area contributed by atoms with Gasteiger partial charge in [-0.1, -0.05) is 35.9 Å². The molecule has 0 saturated heterocycles. The van der Waals surface area contributed by atoms with Crippen LogP contribution in [-0.2, 0) is 0 Å². The normalized spacial score (nSPS) is 10.7. The predicted molar refractivity (Wildman–Crippen MR) is 92.6 cm³/mol. The van der Waals surface area contributed by atoms with Gasteiger partial charge in [-0.25, -0.2) is 0 Å². The third kappa shape index (κ3) is 2.55. The number of nitrogens with two attached hydrogens (primary N) is 1. The Morgan fingerprint density at radius 2 is 1.60 bits per heavy atom. The molecule has 4 heteroatoms. The summed E-state index contributed by atoms with van der Waals surface area (Å²) in [7, 11) is 0. The summed E-state index contributed by atoms with van der Waals surface area (Å²) in [6.45, 7) is 0. The summed E-state index contributed by atoms with van der Waals surface area (Å²) < 4.78 is 6.98. The lowest BCUT2D eigenvalue weighted by atomic mass is 10.1. The number of anilines is 1. The number of hydrogen-bond donors (Lipinski definition) is 1. The molecule has 0 fully saturated rings. The van der Waals surface area contributed by atoms with Crippen molar-refractivity contribution in [2.45, 2.75) is 0 Å². The van der Waals surface area contributed by atoms with E-state index >= 15 is 0 Å². The molecule has 100 valence electrons. The Kier molecular flexibility index (Phi) is 3.72. The predicted octanol–water partition coefficient (Wildman–Crippen LogP) is 5.47. The molecule has 0 heterocycles. The van der Waals surface area contributed by atoms with Gasteiger partial charge in [0.1, 0.15) is 11.5 Å². The molecule has 3 aromatic rings. The van der Waals surface area contributed by atoms with E-state index in [0.29, 0.717) is 0 Å². The van der Waals surface area contributed by atoms with E-state index in [4.69, 9.17) is 22.1 Å². The second-order valence-electron chi connectivity index (χ2n) is 4.38. The number of fused-ring (bicyclic) bond motifs is 1. The van der Waals surface area contributed by atoms with Crippen molar-refractivity contribution in [2.75, 3.05) is 5.73 Å². The maximum absolute atomic E-state index is 6.21. The molecular weight excluding hydrogens is 385 g/mol. The van der Waals surface area contributed by atoms with Gasteiger partial charge in [0.2, 0.25) is 0 Å². The summed E-state index contributed by atoms with van der Waals surface area (Å²) in [5, 5.41) is 2.70. The smallest absolute Gasteiger partial charge is 0.140 e. The average Bonchev–Trinajstić information content (AvgIpc) is 2.45. The van der Waals surface area contributed by atoms with E-state index < -0.39 is 0 Å². The maximum Gasteiger partial charge on any atom is 0.140 e. The van der Waals surface area contributed by atoms with Crippen LogP contribution >= 0.6 is 34.2 Å². The lowest BCUT2D eigenvalue weighted by Gasteiger charge is -2.11. The number of benzene rings is 3. The van der Waals surface area contributed by atoms with Crippen LogP contribution in [0, 0.1) is 3.57 Å². The largest absolute Gasteiger partial charge is 0.456 e. The molecule has 0 saturated carbocycles. The highest BCUT2D eigenvalue weighted by Gasteiger charge is 2.08. The topological polar surface area (TPSA) is 35.2 Å². The van der Waals surface area contributed by atoms with E-state index in [1.54, 1.807) is 0 Å². The van der Waals surface area contributed by atoms with E-state index in [-0.39, 0.29) is 0 Å². The van der Waals surface area contributed by atoms with Gasteiger partial charge in [0.05, 0.1) is 3.57 Å². The first-order valence-corrected chi connectivity index (χ1v) is 7.51. The van der Waals surface area contributed by atoms with Crippen LogP contribution in [0.15, 0.2) is 54.6 Å². The van der Waals surface area contributed by atoms with Crippen molar-refractivity contribution in [3.8, 4) is 11.5 Å². The van der Waals surface area contributed by atoms with Crippen LogP contribution in [0.3, 0.4) is 0 Å². The zero-order valence-electron chi connectivity index (χ0n) is 10.4. The zero-order chi connectivity index (χ0) is 14.1. The summed E-state index contributed by atoms with van der Waals surface area (Å²) in [4.78, 5) is 0. The third-order valence-corrected chi connectivity index (χ3v) is 4.18. The molecule has 0 atom stereocenters. The number of hydrogen-bond acceptors (Lipinski definition) is 2. The Morgan fingerprint density at radius 3 is 2.35 bits per heavy atom. The molecule has 3 rings (SSSR count). The third-order valence-electron chi connectivity index (χ3n) is 3.01. The van der Waals surface area contributed by atoms with Crippen LogP contribution < -0.4 is 10.5 Å². The zero-order valence-corrected chi connectivity index (χ0v) is 13.4. The van der Waals surface area contributed by atoms with Crippen LogP contribution in [0.5, 0.6) is 11.5 Å². The molecule has 2 nitrogen and oxygen atoms in total. The van der Waals surface area contributed by atoms with Crippen LogP contribution in [0.25, 0.3) is 10.8 Å². The van der Waals surface area contributed by atoms with E-state index in [1.165, 1.54) is 0 Å². The van der Waals surface area contributed by atoms with Gasteiger partial charge in [0.25, 0.3) is 0 Å². The minimum Gasteiger partial charge on any atom is -0.456 e. The minimum atomic E-state index is 0.722. The molecule has 0 spiro atoms. The summed E-state index contributed by atoms with van der Waals surface area (Å²) in [5.41, 5.74) is 6.48. The Morgan fingerprint density at radius 1 is 0.900 bits per heavy atom. The maximum atomic E-state index is 6.21. The quantitative estimate of drug-likeness (QED) is 0.461. The molecule has 0 aromatic heterocycles. The highest BCUT2D eigenvalue weighted by atomic mass is 127. The van der Waals surface area contributed by atoms with E-state index in [9.17, 15) is 0 Å². The van der Waals surface area contributed by atoms with Gasteiger partial charge in [-0.3, -0.25) is 0 Å². The molecule has 0 aliphatic rings. The van der Waals surface area contributed by atoms with Gasteiger partial charge in [-0.2, -0.15) is 0 Å². The summed E-state index contributed by atoms with van der Waals surface area (Å²) >= 11 is 8.42. The lowest BCUT2D eigenvalue weighted by Crippen LogP contribution is -1.91. The number of rotatable bonds is 2. The van der Waals surface area contributed by atoms with Gasteiger partial charge in [-0.05, 0) is 52.9 Å². The van der Waals surface area contributed by atoms with Gasteiger partial charge >= 0.3 is 0 Å². The molecule has 0 aliphatic heterocycles. The SMILES string of the molecule is Nc1ccc(Oc2ccc(Cl)c3ccccc23)c(I)c1. The van der Waals surface area contributed by atoms with Gasteiger partial charge < -0.3 is 10.5 Å². The Hall–Kier alpha value is -1.46. The van der Waals surface area contributed by atoms with Crippen molar-refractivity contribution in [3.05, 3.63) is 63.2 Å². The van der Waals surface area contributed by atoms with E-state index in [0.717, 1.165) is 36.6 Å². The summed E-state index contributed by atoms with van der Waals surface area (Å²) in [5.74, 6) is 1.57. The molecule has 0 amide bonds. The first-order chi connectivity index (χ1) is 9.65. The van der Waals surface area contributed by atoms with Gasteiger partial charge in [0, 0.05) is 21.5 Å². The summed E-state index contributed by atoms with van der Waals surface area (Å²) in [6, 6.07) is 17.2. The molecule has 0 bridgehead atoms. The van der Waals surface area contributed by atoms with Gasteiger partial charge in [-0.15, -0.1) is 0 Å². The van der Waals surface area contributed by atoms with Crippen molar-refractivity contribution in [3.63, 3.8) is 0 Å². The van der Waals surface area contributed by atoms with Crippen LogP contribution in [0.4, 0.5) is 5.69 Å². The first kappa shape index (κ1) is 13.5. The molecular formula is C16H11ClINO. The first-order valence-electron chi connectivity index (χ1n) is 6.05. The van der Waals surface area contributed by atoms with Crippen molar-refractivity contribution in [1.82, 2.24) is 0 Å². The van der Waals surface area contributed by atoms with Crippen LogP contribution in [0.2, 0.25) is 5.02 Å². The minimum absolute atomic E-state index is 0.722. The molecule has 20 heavy (non-hydrogen) atoms. The highest BCUT2D eigenvalue weighted by molar-refractivity contribution is 14.1. The van der Waals surface area contributed by atoms with Crippen molar-refractivity contribution in [1.29, 1.82) is 0 Å². The van der Waals surface area contributed by atoms with Crippen molar-refractivity contribution in [2.24, 2.45) is 0 Å². The fraction of sp³-hybridized carbons (Fsp3) is 0.